The Kier molecular flexibility index (Phi) is 7.27. The molecule has 0 amide bonds. The second-order valence-electron chi connectivity index (χ2n) is 5.87. The second kappa shape index (κ2) is 8.02. The molecule has 0 aliphatic heterocycles. The van der Waals surface area contributed by atoms with E-state index in [9.17, 15) is 21.6 Å². The first-order valence-corrected chi connectivity index (χ1v) is 9.67. The van der Waals surface area contributed by atoms with Crippen molar-refractivity contribution >= 4 is 19.7 Å². The standard InChI is InChI=1S/C13H22ClF3O3S/c14-21(18,19)11-12(6-3-1-2-4-7-12)10-20-9-5-8-13(15,16)17/h1-11H2. The van der Waals surface area contributed by atoms with E-state index in [0.29, 0.717) is 12.8 Å². The molecular formula is C13H22ClF3O3S. The van der Waals surface area contributed by atoms with Crippen molar-refractivity contribution in [2.45, 2.75) is 57.5 Å². The van der Waals surface area contributed by atoms with E-state index in [0.717, 1.165) is 25.7 Å². The van der Waals surface area contributed by atoms with E-state index in [-0.39, 0.29) is 25.4 Å². The Balaban J connectivity index is 2.49. The van der Waals surface area contributed by atoms with Gasteiger partial charge in [-0.2, -0.15) is 13.2 Å². The third-order valence-corrected chi connectivity index (χ3v) is 5.08. The first-order chi connectivity index (χ1) is 9.62. The van der Waals surface area contributed by atoms with E-state index < -0.39 is 27.1 Å². The van der Waals surface area contributed by atoms with Crippen LogP contribution < -0.4 is 0 Å². The van der Waals surface area contributed by atoms with Gasteiger partial charge in [-0.1, -0.05) is 25.7 Å². The number of hydrogen-bond acceptors (Lipinski definition) is 3. The fraction of sp³-hybridized carbons (Fsp3) is 1.00. The molecule has 126 valence electrons. The topological polar surface area (TPSA) is 43.4 Å². The predicted octanol–water partition coefficient (Wildman–Crippen LogP) is 4.25. The Morgan fingerprint density at radius 1 is 1.10 bits per heavy atom. The summed E-state index contributed by atoms with van der Waals surface area (Å²) >= 11 is 0. The molecule has 0 unspecified atom stereocenters. The highest BCUT2D eigenvalue weighted by Crippen LogP contribution is 2.37. The molecule has 0 heterocycles. The minimum atomic E-state index is -4.18. The molecule has 8 heteroatoms. The first-order valence-electron chi connectivity index (χ1n) is 7.19. The van der Waals surface area contributed by atoms with Crippen LogP contribution in [0.3, 0.4) is 0 Å². The van der Waals surface area contributed by atoms with Crippen molar-refractivity contribution in [3.05, 3.63) is 0 Å². The fourth-order valence-corrected chi connectivity index (χ4v) is 4.64. The minimum absolute atomic E-state index is 0.0103. The fourth-order valence-electron chi connectivity index (χ4n) is 2.84. The quantitative estimate of drug-likeness (QED) is 0.391. The molecule has 0 bridgehead atoms. The summed E-state index contributed by atoms with van der Waals surface area (Å²) in [5.74, 6) is -0.166. The molecule has 0 N–H and O–H groups in total. The van der Waals surface area contributed by atoms with Gasteiger partial charge < -0.3 is 4.74 Å². The molecule has 0 aromatic carbocycles. The van der Waals surface area contributed by atoms with Crippen LogP contribution in [0.5, 0.6) is 0 Å². The van der Waals surface area contributed by atoms with Gasteiger partial charge in [-0.05, 0) is 19.3 Å². The second-order valence-corrected chi connectivity index (χ2v) is 8.65. The Labute approximate surface area is 128 Å². The maximum Gasteiger partial charge on any atom is 0.389 e. The zero-order valence-electron chi connectivity index (χ0n) is 11.9. The maximum atomic E-state index is 12.0. The molecule has 21 heavy (non-hydrogen) atoms. The van der Waals surface area contributed by atoms with Gasteiger partial charge >= 0.3 is 6.18 Å². The van der Waals surface area contributed by atoms with Crippen LogP contribution in [-0.2, 0) is 13.8 Å². The molecule has 1 aliphatic carbocycles. The lowest BCUT2D eigenvalue weighted by Crippen LogP contribution is -2.33. The van der Waals surface area contributed by atoms with Crippen molar-refractivity contribution in [1.29, 1.82) is 0 Å². The van der Waals surface area contributed by atoms with Crippen LogP contribution in [0.25, 0.3) is 0 Å². The number of alkyl halides is 3. The number of halogens is 4. The lowest BCUT2D eigenvalue weighted by molar-refractivity contribution is -0.138. The molecule has 1 rings (SSSR count). The summed E-state index contributed by atoms with van der Waals surface area (Å²) in [6, 6.07) is 0. The Hall–Kier alpha value is -0.0100. The monoisotopic (exact) mass is 350 g/mol. The van der Waals surface area contributed by atoms with E-state index in [1.54, 1.807) is 0 Å². The lowest BCUT2D eigenvalue weighted by atomic mass is 9.83. The van der Waals surface area contributed by atoms with Gasteiger partial charge in [0, 0.05) is 29.1 Å². The van der Waals surface area contributed by atoms with Crippen molar-refractivity contribution < 1.29 is 26.3 Å². The Bertz CT molecular complexity index is 401. The third-order valence-electron chi connectivity index (χ3n) is 3.80. The van der Waals surface area contributed by atoms with Gasteiger partial charge in [0.15, 0.2) is 0 Å². The predicted molar refractivity (Wildman–Crippen MR) is 75.9 cm³/mol. The summed E-state index contributed by atoms with van der Waals surface area (Å²) in [5, 5.41) is 0. The van der Waals surface area contributed by atoms with Crippen LogP contribution >= 0.6 is 10.7 Å². The molecule has 1 aliphatic rings. The van der Waals surface area contributed by atoms with Crippen LogP contribution in [0.4, 0.5) is 13.2 Å². The van der Waals surface area contributed by atoms with Crippen molar-refractivity contribution in [3.63, 3.8) is 0 Å². The molecular weight excluding hydrogens is 329 g/mol. The van der Waals surface area contributed by atoms with Crippen LogP contribution in [0.2, 0.25) is 0 Å². The summed E-state index contributed by atoms with van der Waals surface area (Å²) in [5.41, 5.74) is -0.546. The van der Waals surface area contributed by atoms with E-state index in [1.165, 1.54) is 0 Å². The van der Waals surface area contributed by atoms with Gasteiger partial charge in [0.05, 0.1) is 12.4 Å². The minimum Gasteiger partial charge on any atom is -0.381 e. The van der Waals surface area contributed by atoms with Gasteiger partial charge in [-0.25, -0.2) is 8.42 Å². The SMILES string of the molecule is O=S(=O)(Cl)CC1(COCCCC(F)(F)F)CCCCCC1. The largest absolute Gasteiger partial charge is 0.389 e. The Morgan fingerprint density at radius 3 is 2.14 bits per heavy atom. The average Bonchev–Trinajstić information content (AvgIpc) is 2.51. The van der Waals surface area contributed by atoms with Gasteiger partial charge in [0.25, 0.3) is 0 Å². The number of rotatable bonds is 7. The third kappa shape index (κ3) is 8.88. The van der Waals surface area contributed by atoms with E-state index >= 15 is 0 Å². The van der Waals surface area contributed by atoms with Crippen molar-refractivity contribution in [1.82, 2.24) is 0 Å². The molecule has 1 saturated carbocycles. The molecule has 3 nitrogen and oxygen atoms in total. The van der Waals surface area contributed by atoms with Crippen molar-refractivity contribution in [2.75, 3.05) is 19.0 Å². The summed E-state index contributed by atoms with van der Waals surface area (Å²) < 4.78 is 64.3. The summed E-state index contributed by atoms with van der Waals surface area (Å²) in [4.78, 5) is 0. The highest BCUT2D eigenvalue weighted by molar-refractivity contribution is 8.13. The zero-order chi connectivity index (χ0) is 16.0. The van der Waals surface area contributed by atoms with Crippen LogP contribution in [-0.4, -0.2) is 33.6 Å². The molecule has 0 radical (unpaired) electrons. The van der Waals surface area contributed by atoms with Gasteiger partial charge in [-0.3, -0.25) is 0 Å². The summed E-state index contributed by atoms with van der Waals surface area (Å²) in [6.07, 6.45) is 0.104. The van der Waals surface area contributed by atoms with Gasteiger partial charge in [-0.15, -0.1) is 0 Å². The van der Waals surface area contributed by atoms with E-state index in [2.05, 4.69) is 0 Å². The van der Waals surface area contributed by atoms with Gasteiger partial charge in [0.1, 0.15) is 0 Å². The molecule has 0 saturated heterocycles. The average molecular weight is 351 g/mol. The highest BCUT2D eigenvalue weighted by Gasteiger charge is 2.35. The molecule has 1 fully saturated rings. The number of ether oxygens (including phenoxy) is 1. The summed E-state index contributed by atoms with van der Waals surface area (Å²) in [6.45, 7) is 0.153. The van der Waals surface area contributed by atoms with Gasteiger partial charge in [0.2, 0.25) is 9.05 Å². The molecule has 0 aromatic rings. The zero-order valence-corrected chi connectivity index (χ0v) is 13.5. The summed E-state index contributed by atoms with van der Waals surface area (Å²) in [7, 11) is 1.73. The normalized spacial score (nSPS) is 20.2. The maximum absolute atomic E-state index is 12.0. The van der Waals surface area contributed by atoms with Crippen molar-refractivity contribution in [2.24, 2.45) is 5.41 Å². The lowest BCUT2D eigenvalue weighted by Gasteiger charge is -2.31. The molecule has 0 aromatic heterocycles. The molecule has 0 spiro atoms. The number of hydrogen-bond donors (Lipinski definition) is 0. The Morgan fingerprint density at radius 2 is 1.67 bits per heavy atom. The molecule has 0 atom stereocenters. The van der Waals surface area contributed by atoms with Crippen LogP contribution in [0.15, 0.2) is 0 Å². The van der Waals surface area contributed by atoms with Crippen molar-refractivity contribution in [3.8, 4) is 0 Å². The highest BCUT2D eigenvalue weighted by atomic mass is 35.7. The van der Waals surface area contributed by atoms with E-state index in [1.807, 2.05) is 0 Å². The van der Waals surface area contributed by atoms with Crippen LogP contribution in [0, 0.1) is 5.41 Å². The van der Waals surface area contributed by atoms with E-state index in [4.69, 9.17) is 15.4 Å². The van der Waals surface area contributed by atoms with Crippen LogP contribution in [0.1, 0.15) is 51.4 Å². The first kappa shape index (κ1) is 19.0. The smallest absolute Gasteiger partial charge is 0.381 e.